The molecule has 3 aliphatic rings. The summed E-state index contributed by atoms with van der Waals surface area (Å²) in [6.45, 7) is 14.8. The second kappa shape index (κ2) is 25.6. The molecule has 2 aromatic carbocycles. The molecular weight excluding hydrogens is 826 g/mol. The summed E-state index contributed by atoms with van der Waals surface area (Å²) >= 11 is 0. The maximum atomic E-state index is 15.1. The summed E-state index contributed by atoms with van der Waals surface area (Å²) in [5.74, 6) is -1.73. The molecule has 2 aromatic rings. The number of nitrogens with one attached hydrogen (secondary N) is 1. The SMILES string of the molecule is C=CCOC12Oc3ccc(OC(=O)NCC)cc3C3C(CCCCO)C(CCCCO)C=C(C(=NOC(C)(C)C)CC1N(Cc1ccc(F)cc1)C(=O)CCCCCCCCCCC)C32. The molecule has 0 radical (unpaired) electrons. The molecule has 1 fully saturated rings. The van der Waals surface area contributed by atoms with Gasteiger partial charge < -0.3 is 39.5 Å². The van der Waals surface area contributed by atoms with Gasteiger partial charge in [0.1, 0.15) is 29.0 Å². The molecule has 6 atom stereocenters. The highest BCUT2D eigenvalue weighted by atomic mass is 19.1. The number of aliphatic hydroxyl groups excluding tert-OH is 2. The minimum atomic E-state index is -1.46. The van der Waals surface area contributed by atoms with Crippen molar-refractivity contribution in [3.05, 3.63) is 83.7 Å². The van der Waals surface area contributed by atoms with Crippen LogP contribution in [-0.4, -0.2) is 76.6 Å². The number of oxime groups is 1. The molecule has 6 unspecified atom stereocenters. The zero-order valence-electron chi connectivity index (χ0n) is 40.0. The third-order valence-corrected chi connectivity index (χ3v) is 13.1. The number of benzene rings is 2. The number of carbonyl (C=O) groups is 2. The van der Waals surface area contributed by atoms with Crippen LogP contribution in [0.4, 0.5) is 9.18 Å². The largest absolute Gasteiger partial charge is 0.459 e. The van der Waals surface area contributed by atoms with Crippen molar-refractivity contribution < 1.29 is 43.2 Å². The van der Waals surface area contributed by atoms with E-state index in [1.807, 2.05) is 44.7 Å². The molecular formula is C53H78FN3O8. The second-order valence-corrected chi connectivity index (χ2v) is 19.1. The first-order valence-electron chi connectivity index (χ1n) is 24.7. The Morgan fingerprint density at radius 1 is 0.938 bits per heavy atom. The molecule has 360 valence electrons. The summed E-state index contributed by atoms with van der Waals surface area (Å²) in [5.41, 5.74) is 2.61. The van der Waals surface area contributed by atoms with Gasteiger partial charge in [-0.3, -0.25) is 4.79 Å². The first-order chi connectivity index (χ1) is 31.4. The van der Waals surface area contributed by atoms with Crippen LogP contribution < -0.4 is 14.8 Å². The van der Waals surface area contributed by atoms with E-state index in [0.717, 1.165) is 68.1 Å². The molecule has 0 bridgehead atoms. The number of halogens is 1. The topological polar surface area (TPSA) is 139 Å². The highest BCUT2D eigenvalue weighted by molar-refractivity contribution is 6.03. The van der Waals surface area contributed by atoms with E-state index in [9.17, 15) is 19.4 Å². The fourth-order valence-corrected chi connectivity index (χ4v) is 10.1. The van der Waals surface area contributed by atoms with Crippen LogP contribution in [0.5, 0.6) is 11.5 Å². The monoisotopic (exact) mass is 904 g/mol. The summed E-state index contributed by atoms with van der Waals surface area (Å²) < 4.78 is 34.8. The first kappa shape index (κ1) is 51.7. The number of carbonyl (C=O) groups excluding carboxylic acids is 2. The highest BCUT2D eigenvalue weighted by Crippen LogP contribution is 2.62. The highest BCUT2D eigenvalue weighted by Gasteiger charge is 2.65. The van der Waals surface area contributed by atoms with E-state index in [0.29, 0.717) is 43.0 Å². The Morgan fingerprint density at radius 2 is 1.62 bits per heavy atom. The predicted molar refractivity (Wildman–Crippen MR) is 254 cm³/mol. The van der Waals surface area contributed by atoms with Crippen molar-refractivity contribution in [2.75, 3.05) is 26.4 Å². The Morgan fingerprint density at radius 3 is 2.26 bits per heavy atom. The van der Waals surface area contributed by atoms with Gasteiger partial charge in [-0.15, -0.1) is 6.58 Å². The predicted octanol–water partition coefficient (Wildman–Crippen LogP) is 11.3. The van der Waals surface area contributed by atoms with Crippen molar-refractivity contribution in [1.82, 2.24) is 10.2 Å². The number of allylic oxidation sites excluding steroid dienone is 1. The third-order valence-electron chi connectivity index (χ3n) is 13.1. The number of amides is 2. The maximum absolute atomic E-state index is 15.1. The number of unbranched alkanes of at least 4 members (excludes halogenated alkanes) is 10. The molecule has 2 amide bonds. The summed E-state index contributed by atoms with van der Waals surface area (Å²) in [6, 6.07) is 11.0. The molecule has 11 nitrogen and oxygen atoms in total. The van der Waals surface area contributed by atoms with E-state index in [2.05, 4.69) is 24.9 Å². The molecule has 12 heteroatoms. The Hall–Kier alpha value is -4.26. The summed E-state index contributed by atoms with van der Waals surface area (Å²) in [6.07, 6.45) is 18.5. The van der Waals surface area contributed by atoms with Gasteiger partial charge in [-0.05, 0) is 113 Å². The maximum Gasteiger partial charge on any atom is 0.412 e. The third kappa shape index (κ3) is 14.1. The zero-order chi connectivity index (χ0) is 46.8. The van der Waals surface area contributed by atoms with Crippen LogP contribution >= 0.6 is 0 Å². The molecule has 1 saturated carbocycles. The zero-order valence-corrected chi connectivity index (χ0v) is 40.0. The van der Waals surface area contributed by atoms with Crippen molar-refractivity contribution in [3.8, 4) is 11.5 Å². The van der Waals surface area contributed by atoms with Gasteiger partial charge in [0.15, 0.2) is 0 Å². The van der Waals surface area contributed by atoms with Crippen molar-refractivity contribution in [2.24, 2.45) is 22.9 Å². The average molecular weight is 904 g/mol. The van der Waals surface area contributed by atoms with E-state index in [4.69, 9.17) is 24.2 Å². The molecule has 0 spiro atoms. The van der Waals surface area contributed by atoms with Crippen LogP contribution in [0, 0.1) is 23.6 Å². The smallest absolute Gasteiger partial charge is 0.412 e. The lowest BCUT2D eigenvalue weighted by molar-refractivity contribution is -0.258. The fraction of sp³-hybridized carbons (Fsp3) is 0.642. The van der Waals surface area contributed by atoms with E-state index >= 15 is 4.79 Å². The van der Waals surface area contributed by atoms with Crippen molar-refractivity contribution in [3.63, 3.8) is 0 Å². The quantitative estimate of drug-likeness (QED) is 0.0458. The number of fused-ring (bicyclic) bond motifs is 2. The van der Waals surface area contributed by atoms with Gasteiger partial charge in [-0.25, -0.2) is 9.18 Å². The Labute approximate surface area is 388 Å². The molecule has 3 N–H and O–H groups in total. The first-order valence-corrected chi connectivity index (χ1v) is 24.7. The molecule has 1 aliphatic heterocycles. The number of aliphatic hydroxyl groups is 2. The van der Waals surface area contributed by atoms with Gasteiger partial charge >= 0.3 is 6.09 Å². The minimum Gasteiger partial charge on any atom is -0.459 e. The molecule has 2 aliphatic carbocycles. The lowest BCUT2D eigenvalue weighted by Gasteiger charge is -2.60. The number of hydrogen-bond donors (Lipinski definition) is 3. The van der Waals surface area contributed by atoms with Gasteiger partial charge in [0.05, 0.1) is 18.2 Å². The lowest BCUT2D eigenvalue weighted by Crippen LogP contribution is -2.70. The molecule has 0 saturated heterocycles. The standard InChI is InChI=1S/C53H78FN3O8/c1-7-10-11-12-13-14-15-16-17-24-48(60)57(37-38-25-27-40(54)28-26-38)47-36-45(56-65-52(4,5)6)43-34-39(22-18-20-31-58)42(23-19-21-32-59)49-44-35-41(63-51(61)55-9-3)29-30-46(44)64-53(47,50(43)49)62-33-8-2/h8,25-30,34-35,39,42,47,49-50,58-59H,2,7,9-24,31-33,36-37H2,1,3-6H3,(H,55,61). The summed E-state index contributed by atoms with van der Waals surface area (Å²) in [4.78, 5) is 36.1. The second-order valence-electron chi connectivity index (χ2n) is 19.1. The van der Waals surface area contributed by atoms with Crippen LogP contribution in [0.1, 0.15) is 161 Å². The summed E-state index contributed by atoms with van der Waals surface area (Å²) in [5, 5.41) is 27.6. The van der Waals surface area contributed by atoms with Crippen LogP contribution in [0.2, 0.25) is 0 Å². The fourth-order valence-electron chi connectivity index (χ4n) is 10.1. The van der Waals surface area contributed by atoms with Gasteiger partial charge in [0, 0.05) is 50.6 Å². The van der Waals surface area contributed by atoms with Gasteiger partial charge in [0.2, 0.25) is 11.7 Å². The van der Waals surface area contributed by atoms with E-state index in [-0.39, 0.29) is 62.3 Å². The summed E-state index contributed by atoms with van der Waals surface area (Å²) in [7, 11) is 0. The molecule has 65 heavy (non-hydrogen) atoms. The number of nitrogens with zero attached hydrogens (tertiary/aromatic N) is 2. The van der Waals surface area contributed by atoms with Crippen molar-refractivity contribution in [1.29, 1.82) is 0 Å². The number of rotatable bonds is 27. The number of ether oxygens (including phenoxy) is 3. The normalized spacial score (nSPS) is 22.9. The van der Waals surface area contributed by atoms with Crippen molar-refractivity contribution in [2.45, 2.75) is 174 Å². The van der Waals surface area contributed by atoms with Crippen LogP contribution in [0.15, 0.2) is 71.9 Å². The van der Waals surface area contributed by atoms with E-state index in [1.54, 1.807) is 24.3 Å². The Kier molecular flexibility index (Phi) is 20.4. The van der Waals surface area contributed by atoms with Gasteiger partial charge in [0.25, 0.3) is 0 Å². The van der Waals surface area contributed by atoms with Crippen LogP contribution in [-0.2, 0) is 20.9 Å². The molecule has 5 rings (SSSR count). The Balaban J connectivity index is 1.71. The van der Waals surface area contributed by atoms with Crippen molar-refractivity contribution >= 4 is 17.7 Å². The van der Waals surface area contributed by atoms with Crippen LogP contribution in [0.25, 0.3) is 0 Å². The van der Waals surface area contributed by atoms with Gasteiger partial charge in [-0.2, -0.15) is 0 Å². The lowest BCUT2D eigenvalue weighted by atomic mass is 9.55. The average Bonchev–Trinajstić information content (AvgIpc) is 3.28. The minimum absolute atomic E-state index is 0.00479. The van der Waals surface area contributed by atoms with Crippen LogP contribution in [0.3, 0.4) is 0 Å². The van der Waals surface area contributed by atoms with E-state index in [1.165, 1.54) is 44.2 Å². The Bertz CT molecular complexity index is 1880. The molecule has 1 heterocycles. The van der Waals surface area contributed by atoms with Gasteiger partial charge in [-0.1, -0.05) is 101 Å². The number of hydrogen-bond acceptors (Lipinski definition) is 9. The van der Waals surface area contributed by atoms with E-state index < -0.39 is 29.4 Å². The molecule has 0 aromatic heterocycles.